The molecule has 2 rings (SSSR count). The molecule has 0 aromatic heterocycles. The molecule has 90 valence electrons. The van der Waals surface area contributed by atoms with Gasteiger partial charge in [0.2, 0.25) is 0 Å². The third-order valence-corrected chi connectivity index (χ3v) is 2.73. The predicted molar refractivity (Wildman–Crippen MR) is 74.1 cm³/mol. The van der Waals surface area contributed by atoms with E-state index in [1.807, 2.05) is 49.4 Å². The van der Waals surface area contributed by atoms with Gasteiger partial charge in [0.1, 0.15) is 6.07 Å². The van der Waals surface area contributed by atoms with Crippen LogP contribution in [0.4, 0.5) is 11.4 Å². The zero-order chi connectivity index (χ0) is 13.0. The van der Waals surface area contributed by atoms with Gasteiger partial charge >= 0.3 is 0 Å². The molecule has 18 heavy (non-hydrogen) atoms. The first-order valence-electron chi connectivity index (χ1n) is 5.78. The Hall–Kier alpha value is -2.47. The van der Waals surface area contributed by atoms with Gasteiger partial charge in [-0.3, -0.25) is 0 Å². The highest BCUT2D eigenvalue weighted by molar-refractivity contribution is 5.59. The summed E-state index contributed by atoms with van der Waals surface area (Å²) in [6, 6.07) is 15.6. The molecule has 0 bridgehead atoms. The molecule has 0 aliphatic heterocycles. The molecule has 3 N–H and O–H groups in total. The number of nitriles is 1. The van der Waals surface area contributed by atoms with E-state index in [-0.39, 0.29) is 0 Å². The molecule has 3 nitrogen and oxygen atoms in total. The fourth-order valence-electron chi connectivity index (χ4n) is 1.80. The SMILES string of the molecule is Cc1ccc(C#N)c(NCc2cccc(N)c2)c1. The van der Waals surface area contributed by atoms with E-state index in [0.29, 0.717) is 12.1 Å². The fraction of sp³-hybridized carbons (Fsp3) is 0.133. The van der Waals surface area contributed by atoms with Crippen LogP contribution >= 0.6 is 0 Å². The summed E-state index contributed by atoms with van der Waals surface area (Å²) >= 11 is 0. The summed E-state index contributed by atoms with van der Waals surface area (Å²) in [6.45, 7) is 2.66. The van der Waals surface area contributed by atoms with Gasteiger partial charge < -0.3 is 11.1 Å². The number of nitrogens with two attached hydrogens (primary N) is 1. The lowest BCUT2D eigenvalue weighted by atomic mass is 10.1. The van der Waals surface area contributed by atoms with Gasteiger partial charge in [0, 0.05) is 12.2 Å². The molecular formula is C15H15N3. The summed E-state index contributed by atoms with van der Waals surface area (Å²) in [5.41, 5.74) is 10.2. The molecule has 2 aromatic carbocycles. The van der Waals surface area contributed by atoms with Crippen molar-refractivity contribution in [3.8, 4) is 6.07 Å². The van der Waals surface area contributed by atoms with E-state index in [0.717, 1.165) is 22.5 Å². The number of aryl methyl sites for hydroxylation is 1. The minimum absolute atomic E-state index is 0.656. The van der Waals surface area contributed by atoms with Crippen LogP contribution in [0, 0.1) is 18.3 Å². The van der Waals surface area contributed by atoms with Gasteiger partial charge in [-0.05, 0) is 42.3 Å². The zero-order valence-electron chi connectivity index (χ0n) is 10.3. The molecule has 0 heterocycles. The Morgan fingerprint density at radius 3 is 2.78 bits per heavy atom. The largest absolute Gasteiger partial charge is 0.399 e. The molecule has 0 unspecified atom stereocenters. The highest BCUT2D eigenvalue weighted by Gasteiger charge is 2.02. The lowest BCUT2D eigenvalue weighted by molar-refractivity contribution is 1.14. The van der Waals surface area contributed by atoms with Crippen molar-refractivity contribution in [1.82, 2.24) is 0 Å². The van der Waals surface area contributed by atoms with Gasteiger partial charge in [-0.25, -0.2) is 0 Å². The molecule has 0 spiro atoms. The molecule has 0 atom stereocenters. The summed E-state index contributed by atoms with van der Waals surface area (Å²) in [6.07, 6.45) is 0. The van der Waals surface area contributed by atoms with Crippen LogP contribution in [0.25, 0.3) is 0 Å². The lowest BCUT2D eigenvalue weighted by Crippen LogP contribution is -2.02. The first-order chi connectivity index (χ1) is 8.69. The zero-order valence-corrected chi connectivity index (χ0v) is 10.3. The number of rotatable bonds is 3. The standard InChI is InChI=1S/C15H15N3/c1-11-5-6-13(9-16)15(7-11)18-10-12-3-2-4-14(17)8-12/h2-8,18H,10,17H2,1H3. The molecule has 2 aromatic rings. The Bertz CT molecular complexity index is 597. The van der Waals surface area contributed by atoms with Crippen molar-refractivity contribution in [2.45, 2.75) is 13.5 Å². The van der Waals surface area contributed by atoms with Gasteiger partial charge in [-0.2, -0.15) is 5.26 Å². The van der Waals surface area contributed by atoms with Gasteiger partial charge in [-0.15, -0.1) is 0 Å². The maximum absolute atomic E-state index is 9.04. The van der Waals surface area contributed by atoms with Crippen LogP contribution in [-0.4, -0.2) is 0 Å². The Morgan fingerprint density at radius 1 is 1.22 bits per heavy atom. The summed E-state index contributed by atoms with van der Waals surface area (Å²) in [7, 11) is 0. The quantitative estimate of drug-likeness (QED) is 0.806. The molecule has 3 heteroatoms. The fourth-order valence-corrected chi connectivity index (χ4v) is 1.80. The monoisotopic (exact) mass is 237 g/mol. The van der Waals surface area contributed by atoms with Crippen LogP contribution in [0.1, 0.15) is 16.7 Å². The molecule has 0 saturated heterocycles. The Morgan fingerprint density at radius 2 is 2.06 bits per heavy atom. The molecular weight excluding hydrogens is 222 g/mol. The number of hydrogen-bond acceptors (Lipinski definition) is 3. The Balaban J connectivity index is 2.15. The maximum Gasteiger partial charge on any atom is 0.101 e. The number of hydrogen-bond donors (Lipinski definition) is 2. The van der Waals surface area contributed by atoms with Crippen molar-refractivity contribution >= 4 is 11.4 Å². The first-order valence-corrected chi connectivity index (χ1v) is 5.78. The smallest absolute Gasteiger partial charge is 0.101 e. The van der Waals surface area contributed by atoms with Gasteiger partial charge in [0.25, 0.3) is 0 Å². The number of anilines is 2. The molecule has 0 aliphatic rings. The van der Waals surface area contributed by atoms with Crippen molar-refractivity contribution in [3.63, 3.8) is 0 Å². The number of nitrogens with one attached hydrogen (secondary N) is 1. The predicted octanol–water partition coefficient (Wildman–Crippen LogP) is 3.06. The summed E-state index contributed by atoms with van der Waals surface area (Å²) in [4.78, 5) is 0. The summed E-state index contributed by atoms with van der Waals surface area (Å²) in [5.74, 6) is 0. The van der Waals surface area contributed by atoms with E-state index >= 15 is 0 Å². The van der Waals surface area contributed by atoms with Crippen LogP contribution in [-0.2, 0) is 6.54 Å². The van der Waals surface area contributed by atoms with Crippen LogP contribution in [0.3, 0.4) is 0 Å². The van der Waals surface area contributed by atoms with Gasteiger partial charge in [0.15, 0.2) is 0 Å². The molecule has 0 saturated carbocycles. The molecule has 0 aliphatic carbocycles. The Labute approximate surface area is 107 Å². The highest BCUT2D eigenvalue weighted by Crippen LogP contribution is 2.18. The second-order valence-electron chi connectivity index (χ2n) is 4.26. The minimum atomic E-state index is 0.656. The van der Waals surface area contributed by atoms with Crippen LogP contribution in [0.5, 0.6) is 0 Å². The third-order valence-electron chi connectivity index (χ3n) is 2.73. The van der Waals surface area contributed by atoms with E-state index in [9.17, 15) is 0 Å². The number of benzene rings is 2. The van der Waals surface area contributed by atoms with E-state index in [4.69, 9.17) is 11.0 Å². The maximum atomic E-state index is 9.04. The second-order valence-corrected chi connectivity index (χ2v) is 4.26. The first kappa shape index (κ1) is 12.0. The van der Waals surface area contributed by atoms with Crippen LogP contribution in [0.2, 0.25) is 0 Å². The number of nitrogen functional groups attached to an aromatic ring is 1. The average molecular weight is 237 g/mol. The summed E-state index contributed by atoms with van der Waals surface area (Å²) < 4.78 is 0. The molecule has 0 amide bonds. The van der Waals surface area contributed by atoms with Crippen molar-refractivity contribution in [1.29, 1.82) is 5.26 Å². The van der Waals surface area contributed by atoms with Crippen molar-refractivity contribution in [2.24, 2.45) is 0 Å². The van der Waals surface area contributed by atoms with Crippen LogP contribution < -0.4 is 11.1 Å². The normalized spacial score (nSPS) is 9.78. The number of nitrogens with zero attached hydrogens (tertiary/aromatic N) is 1. The lowest BCUT2D eigenvalue weighted by Gasteiger charge is -2.09. The van der Waals surface area contributed by atoms with Crippen molar-refractivity contribution in [3.05, 3.63) is 59.2 Å². The third kappa shape index (κ3) is 2.80. The van der Waals surface area contributed by atoms with E-state index in [2.05, 4.69) is 11.4 Å². The molecule has 0 radical (unpaired) electrons. The topological polar surface area (TPSA) is 61.8 Å². The average Bonchev–Trinajstić information content (AvgIpc) is 2.37. The van der Waals surface area contributed by atoms with Crippen molar-refractivity contribution < 1.29 is 0 Å². The summed E-state index contributed by atoms with van der Waals surface area (Å²) in [5, 5.41) is 12.3. The molecule has 0 fully saturated rings. The van der Waals surface area contributed by atoms with Gasteiger partial charge in [0.05, 0.1) is 11.3 Å². The second kappa shape index (κ2) is 5.24. The Kier molecular flexibility index (Phi) is 3.49. The van der Waals surface area contributed by atoms with E-state index in [1.54, 1.807) is 0 Å². The minimum Gasteiger partial charge on any atom is -0.399 e. The van der Waals surface area contributed by atoms with Gasteiger partial charge in [-0.1, -0.05) is 18.2 Å². The highest BCUT2D eigenvalue weighted by atomic mass is 14.9. The van der Waals surface area contributed by atoms with E-state index in [1.165, 1.54) is 0 Å². The van der Waals surface area contributed by atoms with Crippen LogP contribution in [0.15, 0.2) is 42.5 Å². The van der Waals surface area contributed by atoms with Crippen molar-refractivity contribution in [2.75, 3.05) is 11.1 Å². The van der Waals surface area contributed by atoms with E-state index < -0.39 is 0 Å².